The molecule has 0 atom stereocenters. The number of nitrogens with two attached hydrogens (primary N) is 1. The Morgan fingerprint density at radius 1 is 1.26 bits per heavy atom. The number of hydrogen-bond acceptors (Lipinski definition) is 8. The summed E-state index contributed by atoms with van der Waals surface area (Å²) in [5.74, 6) is -1.09. The Morgan fingerprint density at radius 3 is 2.57 bits per heavy atom. The Bertz CT molecular complexity index is 786. The molecule has 0 bridgehead atoms. The van der Waals surface area contributed by atoms with Crippen molar-refractivity contribution in [2.24, 2.45) is 0 Å². The number of anilines is 1. The summed E-state index contributed by atoms with van der Waals surface area (Å²) in [6.07, 6.45) is 0. The molecule has 0 spiro atoms. The van der Waals surface area contributed by atoms with Crippen LogP contribution in [0.25, 0.3) is 0 Å². The lowest BCUT2D eigenvalue weighted by Crippen LogP contribution is -2.09. The van der Waals surface area contributed by atoms with Crippen LogP contribution in [-0.4, -0.2) is 18.5 Å². The van der Waals surface area contributed by atoms with Crippen LogP contribution in [0.15, 0.2) is 12.1 Å². The lowest BCUT2D eigenvalue weighted by atomic mass is 10.1. The van der Waals surface area contributed by atoms with Gasteiger partial charge in [0.2, 0.25) is 0 Å². The third-order valence-electron chi connectivity index (χ3n) is 2.90. The van der Waals surface area contributed by atoms with Gasteiger partial charge in [0.1, 0.15) is 27.4 Å². The van der Waals surface area contributed by atoms with Crippen LogP contribution in [0.3, 0.4) is 0 Å². The minimum atomic E-state index is -0.580. The quantitative estimate of drug-likeness (QED) is 0.831. The molecule has 0 saturated carbocycles. The smallest absolute Gasteiger partial charge is 0.348 e. The number of aryl methyl sites for hydroxylation is 1. The number of esters is 2. The molecule has 2 N–H and O–H groups in total. The normalized spacial score (nSPS) is 10.1. The van der Waals surface area contributed by atoms with Crippen molar-refractivity contribution in [3.05, 3.63) is 37.9 Å². The maximum absolute atomic E-state index is 12.0. The second-order valence-electron chi connectivity index (χ2n) is 4.47. The highest BCUT2D eigenvalue weighted by molar-refractivity contribution is 7.18. The maximum Gasteiger partial charge on any atom is 0.348 e. The van der Waals surface area contributed by atoms with Gasteiger partial charge in [-0.1, -0.05) is 0 Å². The second kappa shape index (κ2) is 7.26. The lowest BCUT2D eigenvalue weighted by Gasteiger charge is -2.05. The highest BCUT2D eigenvalue weighted by Gasteiger charge is 2.24. The minimum absolute atomic E-state index is 0.146. The zero-order chi connectivity index (χ0) is 17.0. The van der Waals surface area contributed by atoms with E-state index in [1.807, 2.05) is 19.1 Å². The zero-order valence-electron chi connectivity index (χ0n) is 12.5. The van der Waals surface area contributed by atoms with E-state index in [-0.39, 0.29) is 34.2 Å². The van der Waals surface area contributed by atoms with Gasteiger partial charge in [-0.25, -0.2) is 9.59 Å². The molecular weight excluding hydrogens is 336 g/mol. The van der Waals surface area contributed by atoms with Gasteiger partial charge in [-0.15, -0.1) is 22.7 Å². The molecule has 2 heterocycles. The predicted molar refractivity (Wildman–Crippen MR) is 87.6 cm³/mol. The topological polar surface area (TPSA) is 102 Å². The first kappa shape index (κ1) is 17.0. The van der Waals surface area contributed by atoms with E-state index in [4.69, 9.17) is 15.2 Å². The van der Waals surface area contributed by atoms with E-state index >= 15 is 0 Å². The van der Waals surface area contributed by atoms with Crippen LogP contribution in [0, 0.1) is 18.3 Å². The monoisotopic (exact) mass is 350 g/mol. The molecule has 0 radical (unpaired) electrons. The molecule has 2 aromatic rings. The van der Waals surface area contributed by atoms with Gasteiger partial charge in [-0.3, -0.25) is 0 Å². The van der Waals surface area contributed by atoms with Crippen LogP contribution in [-0.2, 0) is 16.1 Å². The van der Waals surface area contributed by atoms with Gasteiger partial charge in [0, 0.05) is 10.4 Å². The summed E-state index contributed by atoms with van der Waals surface area (Å²) in [4.78, 5) is 25.6. The van der Waals surface area contributed by atoms with E-state index < -0.39 is 11.9 Å². The molecule has 0 aromatic carbocycles. The molecule has 8 heteroatoms. The van der Waals surface area contributed by atoms with Crippen LogP contribution in [0.5, 0.6) is 0 Å². The number of thiophene rings is 2. The zero-order valence-corrected chi connectivity index (χ0v) is 14.2. The number of ether oxygens (including phenoxy) is 2. The van der Waals surface area contributed by atoms with Crippen LogP contribution in [0.2, 0.25) is 0 Å². The second-order valence-corrected chi connectivity index (χ2v) is 6.81. The highest BCUT2D eigenvalue weighted by Crippen LogP contribution is 2.32. The van der Waals surface area contributed by atoms with Gasteiger partial charge < -0.3 is 15.2 Å². The van der Waals surface area contributed by atoms with E-state index in [0.717, 1.165) is 16.2 Å². The van der Waals surface area contributed by atoms with E-state index in [1.54, 1.807) is 13.0 Å². The molecular formula is C15H14N2O4S2. The SMILES string of the molecule is CCOC(=O)c1sc(N)c(C#N)c1COC(=O)c1ccc(C)s1. The van der Waals surface area contributed by atoms with Crippen molar-refractivity contribution >= 4 is 39.6 Å². The Kier molecular flexibility index (Phi) is 5.36. The maximum atomic E-state index is 12.0. The van der Waals surface area contributed by atoms with Crippen molar-refractivity contribution in [2.75, 3.05) is 12.3 Å². The third-order valence-corrected chi connectivity index (χ3v) is 4.92. The van der Waals surface area contributed by atoms with Gasteiger partial charge in [0.05, 0.1) is 12.2 Å². The Morgan fingerprint density at radius 2 is 2.00 bits per heavy atom. The van der Waals surface area contributed by atoms with Crippen molar-refractivity contribution in [3.63, 3.8) is 0 Å². The van der Waals surface area contributed by atoms with Crippen molar-refractivity contribution in [3.8, 4) is 6.07 Å². The molecule has 0 aliphatic heterocycles. The van der Waals surface area contributed by atoms with Gasteiger partial charge in [0.15, 0.2) is 0 Å². The molecule has 120 valence electrons. The fourth-order valence-corrected chi connectivity index (χ4v) is 3.54. The molecule has 0 unspecified atom stereocenters. The first-order valence-corrected chi connectivity index (χ1v) is 8.33. The fourth-order valence-electron chi connectivity index (χ4n) is 1.86. The van der Waals surface area contributed by atoms with Gasteiger partial charge in [-0.05, 0) is 26.0 Å². The number of rotatable bonds is 5. The number of hydrogen-bond donors (Lipinski definition) is 1. The van der Waals surface area contributed by atoms with E-state index in [9.17, 15) is 14.9 Å². The summed E-state index contributed by atoms with van der Waals surface area (Å²) in [5.41, 5.74) is 6.19. The summed E-state index contributed by atoms with van der Waals surface area (Å²) in [6, 6.07) is 5.42. The van der Waals surface area contributed by atoms with Gasteiger partial charge in [0.25, 0.3) is 0 Å². The minimum Gasteiger partial charge on any atom is -0.462 e. The number of nitrogens with zero attached hydrogens (tertiary/aromatic N) is 1. The van der Waals surface area contributed by atoms with E-state index in [2.05, 4.69) is 0 Å². The van der Waals surface area contributed by atoms with E-state index in [0.29, 0.717) is 4.88 Å². The summed E-state index contributed by atoms with van der Waals surface area (Å²) in [7, 11) is 0. The number of nitriles is 1. The lowest BCUT2D eigenvalue weighted by molar-refractivity contribution is 0.0457. The predicted octanol–water partition coefficient (Wildman–Crippen LogP) is 3.11. The average Bonchev–Trinajstić information content (AvgIpc) is 3.08. The Balaban J connectivity index is 2.23. The van der Waals surface area contributed by atoms with Crippen LogP contribution < -0.4 is 5.73 Å². The molecule has 0 fully saturated rings. The first-order chi connectivity index (χ1) is 11.0. The number of carbonyl (C=O) groups excluding carboxylic acids is 2. The van der Waals surface area contributed by atoms with Crippen LogP contribution in [0.1, 0.15) is 42.3 Å². The highest BCUT2D eigenvalue weighted by atomic mass is 32.1. The number of nitrogen functional groups attached to an aromatic ring is 1. The molecule has 0 aliphatic rings. The van der Waals surface area contributed by atoms with Crippen LogP contribution >= 0.6 is 22.7 Å². The first-order valence-electron chi connectivity index (χ1n) is 6.69. The van der Waals surface area contributed by atoms with Crippen molar-refractivity contribution in [1.29, 1.82) is 5.26 Å². The Labute approximate surface area is 141 Å². The standard InChI is InChI=1S/C15H14N2O4S2/c1-3-20-15(19)12-10(9(6-16)13(17)23-12)7-21-14(18)11-5-4-8(2)22-11/h4-5H,3,7,17H2,1-2H3. The molecule has 0 amide bonds. The van der Waals surface area contributed by atoms with Crippen molar-refractivity contribution in [1.82, 2.24) is 0 Å². The largest absolute Gasteiger partial charge is 0.462 e. The third kappa shape index (κ3) is 3.70. The van der Waals surface area contributed by atoms with E-state index in [1.165, 1.54) is 11.3 Å². The Hall–Kier alpha value is -2.37. The molecule has 2 rings (SSSR count). The van der Waals surface area contributed by atoms with Crippen molar-refractivity contribution in [2.45, 2.75) is 20.5 Å². The molecule has 6 nitrogen and oxygen atoms in total. The summed E-state index contributed by atoms with van der Waals surface area (Å²) in [6.45, 7) is 3.55. The summed E-state index contributed by atoms with van der Waals surface area (Å²) in [5, 5.41) is 9.40. The molecule has 23 heavy (non-hydrogen) atoms. The summed E-state index contributed by atoms with van der Waals surface area (Å²) < 4.78 is 10.2. The molecule has 0 aliphatic carbocycles. The van der Waals surface area contributed by atoms with Crippen LogP contribution in [0.4, 0.5) is 5.00 Å². The number of carbonyl (C=O) groups is 2. The summed E-state index contributed by atoms with van der Waals surface area (Å²) >= 11 is 2.27. The average molecular weight is 350 g/mol. The molecule has 2 aromatic heterocycles. The molecule has 0 saturated heterocycles. The van der Waals surface area contributed by atoms with Gasteiger partial charge in [-0.2, -0.15) is 5.26 Å². The fraction of sp³-hybridized carbons (Fsp3) is 0.267. The van der Waals surface area contributed by atoms with Gasteiger partial charge >= 0.3 is 11.9 Å². The van der Waals surface area contributed by atoms with Crippen molar-refractivity contribution < 1.29 is 19.1 Å².